The van der Waals surface area contributed by atoms with Gasteiger partial charge in [0.2, 0.25) is 5.88 Å². The molecule has 0 atom stereocenters. The molecule has 0 unspecified atom stereocenters. The first-order valence-corrected chi connectivity index (χ1v) is 14.3. The molecule has 0 bridgehead atoms. The molecule has 8 heteroatoms. The smallest absolute Gasteiger partial charge is 0.224 e. The lowest BCUT2D eigenvalue weighted by Gasteiger charge is -2.26. The standard InChI is InChI=1S/C32H41N5O3/c1-20(2)24-8-7-22(5)29(17-24)40-19-27-23(6)34-31(35-32(27)39-16-13-37-11-14-38-15-12-37)30-25(21(3)4)9-10-28-26(30)18-33-36-28/h7-10,17-18,20-21H,11-16,19H2,1-6H3,(H,33,36). The molecule has 40 heavy (non-hydrogen) atoms. The molecule has 0 radical (unpaired) electrons. The highest BCUT2D eigenvalue weighted by atomic mass is 16.5. The zero-order chi connectivity index (χ0) is 28.2. The average molecular weight is 544 g/mol. The van der Waals surface area contributed by atoms with Crippen molar-refractivity contribution in [3.8, 4) is 23.0 Å². The minimum absolute atomic E-state index is 0.295. The van der Waals surface area contributed by atoms with E-state index < -0.39 is 0 Å². The van der Waals surface area contributed by atoms with Gasteiger partial charge in [-0.1, -0.05) is 45.9 Å². The molecule has 0 spiro atoms. The van der Waals surface area contributed by atoms with Gasteiger partial charge in [0.05, 0.1) is 36.2 Å². The largest absolute Gasteiger partial charge is 0.488 e. The summed E-state index contributed by atoms with van der Waals surface area (Å²) in [5.41, 5.74) is 7.20. The van der Waals surface area contributed by atoms with Crippen LogP contribution in [0.4, 0.5) is 0 Å². The van der Waals surface area contributed by atoms with Gasteiger partial charge in [-0.05, 0) is 54.5 Å². The van der Waals surface area contributed by atoms with E-state index in [9.17, 15) is 0 Å². The lowest BCUT2D eigenvalue weighted by Crippen LogP contribution is -2.38. The Kier molecular flexibility index (Phi) is 8.66. The van der Waals surface area contributed by atoms with Crippen molar-refractivity contribution in [2.75, 3.05) is 39.5 Å². The van der Waals surface area contributed by atoms with Crippen molar-refractivity contribution >= 4 is 10.9 Å². The molecule has 212 valence electrons. The number of aromatic nitrogens is 4. The third-order valence-corrected chi connectivity index (χ3v) is 7.68. The topological polar surface area (TPSA) is 85.4 Å². The molecule has 2 aromatic heterocycles. The number of ether oxygens (including phenoxy) is 3. The molecule has 4 aromatic rings. The maximum atomic E-state index is 6.42. The fourth-order valence-corrected chi connectivity index (χ4v) is 5.11. The number of fused-ring (bicyclic) bond motifs is 1. The molecule has 1 fully saturated rings. The molecule has 1 N–H and O–H groups in total. The summed E-state index contributed by atoms with van der Waals surface area (Å²) in [5, 5.41) is 8.39. The van der Waals surface area contributed by atoms with Crippen molar-refractivity contribution in [2.24, 2.45) is 0 Å². The van der Waals surface area contributed by atoms with Crippen LogP contribution in [0.3, 0.4) is 0 Å². The second kappa shape index (κ2) is 12.4. The van der Waals surface area contributed by atoms with E-state index >= 15 is 0 Å². The summed E-state index contributed by atoms with van der Waals surface area (Å²) in [7, 11) is 0. The number of benzene rings is 2. The van der Waals surface area contributed by atoms with E-state index in [1.807, 2.05) is 13.1 Å². The van der Waals surface area contributed by atoms with Gasteiger partial charge in [0.1, 0.15) is 19.0 Å². The number of aryl methyl sites for hydroxylation is 2. The van der Waals surface area contributed by atoms with Crippen LogP contribution in [0, 0.1) is 13.8 Å². The van der Waals surface area contributed by atoms with Crippen molar-refractivity contribution in [2.45, 2.75) is 60.0 Å². The number of hydrogen-bond donors (Lipinski definition) is 1. The zero-order valence-electron chi connectivity index (χ0n) is 24.6. The molecule has 1 aliphatic heterocycles. The highest BCUT2D eigenvalue weighted by Gasteiger charge is 2.21. The number of nitrogens with zero attached hydrogens (tertiary/aromatic N) is 4. The van der Waals surface area contributed by atoms with Crippen LogP contribution in [-0.2, 0) is 11.3 Å². The highest BCUT2D eigenvalue weighted by molar-refractivity contribution is 5.94. The number of morpholine rings is 1. The number of aromatic amines is 1. The van der Waals surface area contributed by atoms with Crippen LogP contribution in [0.1, 0.15) is 67.5 Å². The predicted octanol–water partition coefficient (Wildman–Crippen LogP) is 6.17. The minimum Gasteiger partial charge on any atom is -0.488 e. The van der Waals surface area contributed by atoms with Crippen LogP contribution in [-0.4, -0.2) is 64.5 Å². The van der Waals surface area contributed by atoms with E-state index in [-0.39, 0.29) is 0 Å². The summed E-state index contributed by atoms with van der Waals surface area (Å²) in [4.78, 5) is 12.4. The minimum atomic E-state index is 0.295. The average Bonchev–Trinajstić information content (AvgIpc) is 3.42. The molecular weight excluding hydrogens is 502 g/mol. The highest BCUT2D eigenvalue weighted by Crippen LogP contribution is 2.36. The third kappa shape index (κ3) is 6.13. The summed E-state index contributed by atoms with van der Waals surface area (Å²) >= 11 is 0. The van der Waals surface area contributed by atoms with Gasteiger partial charge in [-0.15, -0.1) is 0 Å². The summed E-state index contributed by atoms with van der Waals surface area (Å²) in [6.45, 7) is 17.9. The lowest BCUT2D eigenvalue weighted by molar-refractivity contribution is 0.0319. The SMILES string of the molecule is Cc1ccc(C(C)C)cc1OCc1c(C)nc(-c2c(C(C)C)ccc3[nH]ncc23)nc1OCCN1CCOCC1. The molecule has 1 saturated heterocycles. The molecule has 0 saturated carbocycles. The fraction of sp³-hybridized carbons (Fsp3) is 0.469. The normalized spacial score (nSPS) is 14.4. The number of rotatable bonds is 10. The van der Waals surface area contributed by atoms with E-state index in [4.69, 9.17) is 24.2 Å². The zero-order valence-corrected chi connectivity index (χ0v) is 24.6. The molecule has 1 aliphatic rings. The summed E-state index contributed by atoms with van der Waals surface area (Å²) in [5.74, 6) is 2.81. The van der Waals surface area contributed by atoms with Gasteiger partial charge >= 0.3 is 0 Å². The van der Waals surface area contributed by atoms with Crippen molar-refractivity contribution in [1.82, 2.24) is 25.1 Å². The maximum Gasteiger partial charge on any atom is 0.224 e. The molecule has 8 nitrogen and oxygen atoms in total. The van der Waals surface area contributed by atoms with Crippen molar-refractivity contribution in [3.05, 3.63) is 64.5 Å². The van der Waals surface area contributed by atoms with Gasteiger partial charge in [0.25, 0.3) is 0 Å². The summed E-state index contributed by atoms with van der Waals surface area (Å²) < 4.78 is 18.3. The Morgan fingerprint density at radius 3 is 2.52 bits per heavy atom. The molecule has 3 heterocycles. The van der Waals surface area contributed by atoms with Crippen molar-refractivity contribution in [1.29, 1.82) is 0 Å². The van der Waals surface area contributed by atoms with Crippen LogP contribution in [0.25, 0.3) is 22.3 Å². The van der Waals surface area contributed by atoms with E-state index in [1.54, 1.807) is 0 Å². The lowest BCUT2D eigenvalue weighted by atomic mass is 9.94. The third-order valence-electron chi connectivity index (χ3n) is 7.68. The van der Waals surface area contributed by atoms with Gasteiger partial charge in [-0.2, -0.15) is 10.1 Å². The second-order valence-electron chi connectivity index (χ2n) is 11.2. The first-order chi connectivity index (χ1) is 19.3. The van der Waals surface area contributed by atoms with Crippen molar-refractivity contribution < 1.29 is 14.2 Å². The van der Waals surface area contributed by atoms with E-state index in [1.165, 1.54) is 11.1 Å². The Bertz CT molecular complexity index is 1460. The van der Waals surface area contributed by atoms with E-state index in [0.717, 1.165) is 71.9 Å². The van der Waals surface area contributed by atoms with Gasteiger partial charge < -0.3 is 14.2 Å². The first kappa shape index (κ1) is 28.1. The molecule has 2 aromatic carbocycles. The Morgan fingerprint density at radius 1 is 0.975 bits per heavy atom. The van der Waals surface area contributed by atoms with Crippen LogP contribution in [0.15, 0.2) is 36.5 Å². The number of hydrogen-bond acceptors (Lipinski definition) is 7. The van der Waals surface area contributed by atoms with Crippen molar-refractivity contribution in [3.63, 3.8) is 0 Å². The quantitative estimate of drug-likeness (QED) is 0.256. The predicted molar refractivity (Wildman–Crippen MR) is 158 cm³/mol. The molecule has 0 amide bonds. The van der Waals surface area contributed by atoms with Gasteiger partial charge in [-0.25, -0.2) is 4.98 Å². The Balaban J connectivity index is 1.50. The van der Waals surface area contributed by atoms with Gasteiger partial charge in [0.15, 0.2) is 5.82 Å². The Hall–Kier alpha value is -3.49. The maximum absolute atomic E-state index is 6.42. The molecule has 5 rings (SSSR count). The van der Waals surface area contributed by atoms with Gasteiger partial charge in [0, 0.05) is 30.6 Å². The Labute approximate surface area is 237 Å². The van der Waals surface area contributed by atoms with Gasteiger partial charge in [-0.3, -0.25) is 10.00 Å². The number of nitrogens with one attached hydrogen (secondary N) is 1. The van der Waals surface area contributed by atoms with Crippen LogP contribution >= 0.6 is 0 Å². The number of H-pyrrole nitrogens is 1. The van der Waals surface area contributed by atoms with Crippen LogP contribution in [0.2, 0.25) is 0 Å². The molecular formula is C32H41N5O3. The Morgan fingerprint density at radius 2 is 1.77 bits per heavy atom. The monoisotopic (exact) mass is 543 g/mol. The second-order valence-corrected chi connectivity index (χ2v) is 11.2. The van der Waals surface area contributed by atoms with E-state index in [0.29, 0.717) is 36.8 Å². The first-order valence-electron chi connectivity index (χ1n) is 14.3. The summed E-state index contributed by atoms with van der Waals surface area (Å²) in [6.07, 6.45) is 1.86. The summed E-state index contributed by atoms with van der Waals surface area (Å²) in [6, 6.07) is 10.6. The van der Waals surface area contributed by atoms with Crippen LogP contribution < -0.4 is 9.47 Å². The molecule has 0 aliphatic carbocycles. The van der Waals surface area contributed by atoms with E-state index in [2.05, 4.69) is 80.0 Å². The van der Waals surface area contributed by atoms with Crippen LogP contribution in [0.5, 0.6) is 11.6 Å². The fourth-order valence-electron chi connectivity index (χ4n) is 5.11.